The maximum absolute atomic E-state index is 12.4. The molecular formula is C21H24N2O5S2. The standard InChI is InChI=1S/C21H24N2O5S2/c1-2-14(24)16-18(26)23-17(20(27)28)21(30-19(16)23)29-13-8-9-22(10-13)11-15(25)12-6-4-3-5-7-12/h3-7,13-14,16,19,24H,2,8-11H2,1H3,(H,27,28). The van der Waals surface area contributed by atoms with Crippen LogP contribution >= 0.6 is 23.5 Å². The SMILES string of the molecule is CCC(O)C1C(=O)N2C(C(=O)O)=C(SC3CCN(CC(=O)c4ccccc4)C3)SC12. The Morgan fingerprint density at radius 1 is 1.30 bits per heavy atom. The van der Waals surface area contributed by atoms with E-state index in [0.717, 1.165) is 13.0 Å². The summed E-state index contributed by atoms with van der Waals surface area (Å²) in [5, 5.41) is 19.6. The summed E-state index contributed by atoms with van der Waals surface area (Å²) in [5.74, 6) is -1.89. The Bertz CT molecular complexity index is 891. The van der Waals surface area contributed by atoms with Crippen LogP contribution in [0.4, 0.5) is 0 Å². The maximum Gasteiger partial charge on any atom is 0.354 e. The third-order valence-electron chi connectivity index (χ3n) is 5.75. The Kier molecular flexibility index (Phi) is 6.24. The molecule has 0 spiro atoms. The van der Waals surface area contributed by atoms with E-state index in [1.165, 1.54) is 28.4 Å². The molecule has 0 radical (unpaired) electrons. The predicted octanol–water partition coefficient (Wildman–Crippen LogP) is 2.23. The Labute approximate surface area is 183 Å². The number of benzene rings is 1. The molecule has 3 heterocycles. The third kappa shape index (κ3) is 3.91. The number of thioether (sulfide) groups is 2. The molecule has 1 aromatic rings. The largest absolute Gasteiger partial charge is 0.477 e. The van der Waals surface area contributed by atoms with Crippen molar-refractivity contribution in [1.82, 2.24) is 9.80 Å². The molecule has 1 aromatic carbocycles. The zero-order valence-electron chi connectivity index (χ0n) is 16.6. The quantitative estimate of drug-likeness (QED) is 0.462. The molecule has 3 aliphatic rings. The van der Waals surface area contributed by atoms with Crippen LogP contribution in [0.1, 0.15) is 30.1 Å². The highest BCUT2D eigenvalue weighted by molar-refractivity contribution is 8.23. The molecule has 4 unspecified atom stereocenters. The van der Waals surface area contributed by atoms with Crippen LogP contribution < -0.4 is 0 Å². The number of amides is 1. The third-order valence-corrected chi connectivity index (χ3v) is 8.60. The molecule has 7 nitrogen and oxygen atoms in total. The van der Waals surface area contributed by atoms with Crippen molar-refractivity contribution in [2.24, 2.45) is 5.92 Å². The van der Waals surface area contributed by atoms with E-state index in [1.54, 1.807) is 0 Å². The minimum absolute atomic E-state index is 0.0402. The number of carboxylic acid groups (broad SMARTS) is 1. The van der Waals surface area contributed by atoms with Crippen LogP contribution in [0.3, 0.4) is 0 Å². The Morgan fingerprint density at radius 2 is 2.03 bits per heavy atom. The first-order chi connectivity index (χ1) is 14.4. The van der Waals surface area contributed by atoms with Gasteiger partial charge in [0, 0.05) is 17.4 Å². The second-order valence-electron chi connectivity index (χ2n) is 7.71. The van der Waals surface area contributed by atoms with Crippen LogP contribution in [0.5, 0.6) is 0 Å². The van der Waals surface area contributed by atoms with Crippen molar-refractivity contribution in [3.8, 4) is 0 Å². The molecule has 1 amide bonds. The molecule has 4 rings (SSSR count). The molecule has 2 saturated heterocycles. The summed E-state index contributed by atoms with van der Waals surface area (Å²) in [6.07, 6.45) is 0.555. The van der Waals surface area contributed by atoms with Gasteiger partial charge in [0.1, 0.15) is 5.37 Å². The van der Waals surface area contributed by atoms with Gasteiger partial charge in [-0.3, -0.25) is 19.4 Å². The first-order valence-electron chi connectivity index (χ1n) is 10.0. The zero-order valence-corrected chi connectivity index (χ0v) is 18.2. The average molecular weight is 449 g/mol. The second-order valence-corrected chi connectivity index (χ2v) is 10.4. The number of carbonyl (C=O) groups is 3. The van der Waals surface area contributed by atoms with Crippen LogP contribution in [-0.2, 0) is 9.59 Å². The van der Waals surface area contributed by atoms with E-state index < -0.39 is 18.0 Å². The predicted molar refractivity (Wildman–Crippen MR) is 116 cm³/mol. The van der Waals surface area contributed by atoms with E-state index in [0.29, 0.717) is 29.3 Å². The second kappa shape index (κ2) is 8.74. The van der Waals surface area contributed by atoms with E-state index in [2.05, 4.69) is 4.90 Å². The molecule has 0 bridgehead atoms. The lowest BCUT2D eigenvalue weighted by molar-refractivity contribution is -0.157. The van der Waals surface area contributed by atoms with Crippen molar-refractivity contribution < 1.29 is 24.6 Å². The summed E-state index contributed by atoms with van der Waals surface area (Å²) in [6.45, 7) is 3.63. The fraction of sp³-hybridized carbons (Fsp3) is 0.476. The molecule has 0 aromatic heterocycles. The van der Waals surface area contributed by atoms with Gasteiger partial charge in [-0.1, -0.05) is 49.0 Å². The van der Waals surface area contributed by atoms with Gasteiger partial charge < -0.3 is 10.2 Å². The number of rotatable bonds is 8. The normalized spacial score (nSPS) is 27.2. The number of aliphatic hydroxyl groups is 1. The van der Waals surface area contributed by atoms with E-state index in [9.17, 15) is 24.6 Å². The Morgan fingerprint density at radius 3 is 2.70 bits per heavy atom. The Balaban J connectivity index is 1.39. The average Bonchev–Trinajstić information content (AvgIpc) is 3.31. The van der Waals surface area contributed by atoms with Crippen molar-refractivity contribution in [3.63, 3.8) is 0 Å². The number of nitrogens with zero attached hydrogens (tertiary/aromatic N) is 2. The van der Waals surface area contributed by atoms with Gasteiger partial charge in [-0.15, -0.1) is 11.8 Å². The van der Waals surface area contributed by atoms with Crippen molar-refractivity contribution in [2.45, 2.75) is 36.5 Å². The topological polar surface area (TPSA) is 98.2 Å². The van der Waals surface area contributed by atoms with Gasteiger partial charge in [0.15, 0.2) is 11.5 Å². The van der Waals surface area contributed by atoms with E-state index in [1.807, 2.05) is 37.3 Å². The van der Waals surface area contributed by atoms with E-state index in [-0.39, 0.29) is 28.0 Å². The number of fused-ring (bicyclic) bond motifs is 1. The Hall–Kier alpha value is -1.81. The van der Waals surface area contributed by atoms with Gasteiger partial charge in [0.05, 0.1) is 22.8 Å². The number of carbonyl (C=O) groups excluding carboxylic acids is 2. The molecule has 0 saturated carbocycles. The van der Waals surface area contributed by atoms with Gasteiger partial charge in [0.2, 0.25) is 5.91 Å². The van der Waals surface area contributed by atoms with Crippen molar-refractivity contribution in [3.05, 3.63) is 45.8 Å². The number of carboxylic acids is 1. The minimum Gasteiger partial charge on any atom is -0.477 e. The highest BCUT2D eigenvalue weighted by Gasteiger charge is 2.58. The number of hydrogen-bond acceptors (Lipinski definition) is 7. The number of aliphatic carboxylic acids is 1. The number of Topliss-reactive ketones (excluding diaryl/α,β-unsaturated/α-hetero) is 1. The zero-order chi connectivity index (χ0) is 21.4. The van der Waals surface area contributed by atoms with E-state index in [4.69, 9.17) is 0 Å². The highest BCUT2D eigenvalue weighted by atomic mass is 32.2. The summed E-state index contributed by atoms with van der Waals surface area (Å²) < 4.78 is 0.632. The van der Waals surface area contributed by atoms with Crippen LogP contribution in [0.2, 0.25) is 0 Å². The smallest absolute Gasteiger partial charge is 0.354 e. The van der Waals surface area contributed by atoms with Gasteiger partial charge in [-0.25, -0.2) is 4.79 Å². The molecule has 0 aliphatic carbocycles. The lowest BCUT2D eigenvalue weighted by Crippen LogP contribution is -2.61. The summed E-state index contributed by atoms with van der Waals surface area (Å²) in [7, 11) is 0. The van der Waals surface area contributed by atoms with Crippen molar-refractivity contribution in [2.75, 3.05) is 19.6 Å². The first kappa shape index (κ1) is 21.4. The number of ketones is 1. The van der Waals surface area contributed by atoms with Crippen LogP contribution in [0.15, 0.2) is 40.3 Å². The fourth-order valence-electron chi connectivity index (χ4n) is 4.10. The van der Waals surface area contributed by atoms with Gasteiger partial charge >= 0.3 is 5.97 Å². The number of aliphatic hydroxyl groups excluding tert-OH is 1. The first-order valence-corrected chi connectivity index (χ1v) is 11.8. The summed E-state index contributed by atoms with van der Waals surface area (Å²) in [6, 6.07) is 9.20. The summed E-state index contributed by atoms with van der Waals surface area (Å²) in [4.78, 5) is 40.2. The maximum atomic E-state index is 12.4. The molecular weight excluding hydrogens is 424 g/mol. The molecule has 9 heteroatoms. The minimum atomic E-state index is -1.11. The molecule has 30 heavy (non-hydrogen) atoms. The van der Waals surface area contributed by atoms with Crippen LogP contribution in [0, 0.1) is 5.92 Å². The van der Waals surface area contributed by atoms with E-state index >= 15 is 0 Å². The lowest BCUT2D eigenvalue weighted by atomic mass is 9.90. The number of likely N-dealkylation sites (tertiary alicyclic amines) is 1. The van der Waals surface area contributed by atoms with Gasteiger partial charge in [-0.2, -0.15) is 0 Å². The fourth-order valence-corrected chi connectivity index (χ4v) is 7.41. The molecule has 2 N–H and O–H groups in total. The molecule has 4 atom stereocenters. The summed E-state index contributed by atoms with van der Waals surface area (Å²) >= 11 is 2.85. The lowest BCUT2D eigenvalue weighted by Gasteiger charge is -2.44. The van der Waals surface area contributed by atoms with Gasteiger partial charge in [-0.05, 0) is 19.4 Å². The van der Waals surface area contributed by atoms with Crippen LogP contribution in [-0.4, -0.2) is 74.0 Å². The molecule has 3 aliphatic heterocycles. The van der Waals surface area contributed by atoms with Crippen molar-refractivity contribution >= 4 is 41.2 Å². The van der Waals surface area contributed by atoms with Gasteiger partial charge in [0.25, 0.3) is 0 Å². The molecule has 160 valence electrons. The van der Waals surface area contributed by atoms with Crippen LogP contribution in [0.25, 0.3) is 0 Å². The monoisotopic (exact) mass is 448 g/mol. The number of hydrogen-bond donors (Lipinski definition) is 2. The molecule has 2 fully saturated rings. The number of β-lactam (4-membered cyclic amide) rings is 1. The summed E-state index contributed by atoms with van der Waals surface area (Å²) in [5.41, 5.74) is 0.734. The highest BCUT2D eigenvalue weighted by Crippen LogP contribution is 2.55. The van der Waals surface area contributed by atoms with Crippen molar-refractivity contribution in [1.29, 1.82) is 0 Å².